The van der Waals surface area contributed by atoms with E-state index in [1.807, 2.05) is 31.2 Å². The Morgan fingerprint density at radius 1 is 1.12 bits per heavy atom. The van der Waals surface area contributed by atoms with Crippen molar-refractivity contribution in [2.75, 3.05) is 26.8 Å². The Morgan fingerprint density at radius 3 is 2.97 bits per heavy atom. The van der Waals surface area contributed by atoms with E-state index in [4.69, 9.17) is 14.2 Å². The molecule has 170 valence electrons. The lowest BCUT2D eigenvalue weighted by molar-refractivity contribution is 0.0915. The van der Waals surface area contributed by atoms with Gasteiger partial charge in [-0.1, -0.05) is 0 Å². The number of methoxy groups -OCH3 is 1. The van der Waals surface area contributed by atoms with Crippen molar-refractivity contribution in [2.45, 2.75) is 32.3 Å². The minimum Gasteiger partial charge on any atom is -0.497 e. The molecular formula is C27H29N3O3. The number of benzene rings is 2. The van der Waals surface area contributed by atoms with Crippen LogP contribution in [0.3, 0.4) is 0 Å². The summed E-state index contributed by atoms with van der Waals surface area (Å²) >= 11 is 0. The van der Waals surface area contributed by atoms with E-state index in [0.29, 0.717) is 12.5 Å². The summed E-state index contributed by atoms with van der Waals surface area (Å²) < 4.78 is 17.8. The smallest absolute Gasteiger partial charge is 0.171 e. The van der Waals surface area contributed by atoms with Crippen molar-refractivity contribution in [3.05, 3.63) is 59.4 Å². The Labute approximate surface area is 193 Å². The van der Waals surface area contributed by atoms with Gasteiger partial charge in [0.15, 0.2) is 11.5 Å². The van der Waals surface area contributed by atoms with Crippen LogP contribution in [0.4, 0.5) is 0 Å². The quantitative estimate of drug-likeness (QED) is 0.473. The van der Waals surface area contributed by atoms with Crippen molar-refractivity contribution in [1.82, 2.24) is 15.3 Å². The van der Waals surface area contributed by atoms with Gasteiger partial charge in [0.1, 0.15) is 18.5 Å². The summed E-state index contributed by atoms with van der Waals surface area (Å²) in [4.78, 5) is 8.22. The third kappa shape index (κ3) is 3.78. The van der Waals surface area contributed by atoms with Gasteiger partial charge in [-0.25, -0.2) is 0 Å². The van der Waals surface area contributed by atoms with E-state index < -0.39 is 0 Å². The molecule has 0 spiro atoms. The fourth-order valence-electron chi connectivity index (χ4n) is 5.20. The standard InChI is InChI=1S/C27H29N3O3/c1-16-3-6-20-23(29-16)9-10-26-27(20)33-19(15-32-26)14-28-13-17-4-7-24-21(11-17)22-12-18(31-2)5-8-25(22)30-24/h3,5-6,8-10,12,17,19,28,30H,4,7,11,13-15H2,1-2H3/t17-,19-/m0/s1. The highest BCUT2D eigenvalue weighted by molar-refractivity contribution is 5.88. The molecule has 1 aliphatic carbocycles. The molecule has 0 bridgehead atoms. The van der Waals surface area contributed by atoms with E-state index in [9.17, 15) is 0 Å². The first-order valence-corrected chi connectivity index (χ1v) is 11.8. The van der Waals surface area contributed by atoms with Gasteiger partial charge in [0.2, 0.25) is 0 Å². The molecule has 6 nitrogen and oxygen atoms in total. The second-order valence-electron chi connectivity index (χ2n) is 9.22. The maximum atomic E-state index is 6.36. The Balaban J connectivity index is 1.10. The average Bonchev–Trinajstić information content (AvgIpc) is 3.21. The number of nitrogens with zero attached hydrogens (tertiary/aromatic N) is 1. The largest absolute Gasteiger partial charge is 0.497 e. The van der Waals surface area contributed by atoms with Crippen molar-refractivity contribution in [1.29, 1.82) is 0 Å². The van der Waals surface area contributed by atoms with Gasteiger partial charge < -0.3 is 24.5 Å². The molecule has 0 saturated heterocycles. The van der Waals surface area contributed by atoms with E-state index in [-0.39, 0.29) is 6.10 Å². The number of hydrogen-bond acceptors (Lipinski definition) is 5. The molecule has 2 N–H and O–H groups in total. The van der Waals surface area contributed by atoms with Gasteiger partial charge in [0.05, 0.1) is 12.6 Å². The lowest BCUT2D eigenvalue weighted by Crippen LogP contribution is -2.40. The molecule has 0 fully saturated rings. The lowest BCUT2D eigenvalue weighted by Gasteiger charge is -2.29. The number of H-pyrrole nitrogens is 1. The minimum atomic E-state index is -0.0131. The fourth-order valence-corrected chi connectivity index (χ4v) is 5.20. The van der Waals surface area contributed by atoms with Crippen molar-refractivity contribution in [3.63, 3.8) is 0 Å². The van der Waals surface area contributed by atoms with Gasteiger partial charge in [-0.15, -0.1) is 0 Å². The van der Waals surface area contributed by atoms with E-state index in [0.717, 1.165) is 59.8 Å². The van der Waals surface area contributed by atoms with Crippen molar-refractivity contribution in [2.24, 2.45) is 5.92 Å². The summed E-state index contributed by atoms with van der Waals surface area (Å²) in [5.74, 6) is 3.14. The van der Waals surface area contributed by atoms with Gasteiger partial charge >= 0.3 is 0 Å². The van der Waals surface area contributed by atoms with Crippen LogP contribution in [-0.2, 0) is 12.8 Å². The topological polar surface area (TPSA) is 68.4 Å². The molecule has 0 unspecified atom stereocenters. The van der Waals surface area contributed by atoms with E-state index in [1.54, 1.807) is 7.11 Å². The van der Waals surface area contributed by atoms with Gasteiger partial charge in [-0.05, 0) is 86.7 Å². The number of aromatic nitrogens is 2. The predicted molar refractivity (Wildman–Crippen MR) is 130 cm³/mol. The highest BCUT2D eigenvalue weighted by Crippen LogP contribution is 2.38. The minimum absolute atomic E-state index is 0.0131. The average molecular weight is 444 g/mol. The zero-order valence-corrected chi connectivity index (χ0v) is 19.1. The lowest BCUT2D eigenvalue weighted by atomic mass is 9.86. The molecule has 2 aromatic carbocycles. The summed E-state index contributed by atoms with van der Waals surface area (Å²) in [5, 5.41) is 5.96. The van der Waals surface area contributed by atoms with Gasteiger partial charge in [0.25, 0.3) is 0 Å². The molecule has 2 atom stereocenters. The van der Waals surface area contributed by atoms with Gasteiger partial charge in [0, 0.05) is 34.2 Å². The number of ether oxygens (including phenoxy) is 3. The molecule has 4 aromatic rings. The Morgan fingerprint density at radius 2 is 2.06 bits per heavy atom. The molecule has 6 heteroatoms. The monoisotopic (exact) mass is 443 g/mol. The summed E-state index contributed by atoms with van der Waals surface area (Å²) in [7, 11) is 1.72. The first-order chi connectivity index (χ1) is 16.2. The molecule has 3 heterocycles. The first kappa shape index (κ1) is 20.4. The van der Waals surface area contributed by atoms with Crippen LogP contribution in [0, 0.1) is 12.8 Å². The Hall–Kier alpha value is -3.25. The third-order valence-corrected chi connectivity index (χ3v) is 6.94. The second kappa shape index (κ2) is 8.27. The number of hydrogen-bond donors (Lipinski definition) is 2. The number of fused-ring (bicyclic) bond motifs is 6. The summed E-state index contributed by atoms with van der Waals surface area (Å²) in [6.07, 6.45) is 3.34. The Bertz CT molecular complexity index is 1330. The first-order valence-electron chi connectivity index (χ1n) is 11.8. The molecular weight excluding hydrogens is 414 g/mol. The Kier molecular flexibility index (Phi) is 5.10. The molecule has 0 amide bonds. The molecule has 33 heavy (non-hydrogen) atoms. The fraction of sp³-hybridized carbons (Fsp3) is 0.370. The van der Waals surface area contributed by atoms with Crippen LogP contribution in [0.25, 0.3) is 21.8 Å². The van der Waals surface area contributed by atoms with Crippen LogP contribution in [0.1, 0.15) is 23.4 Å². The van der Waals surface area contributed by atoms with E-state index in [1.165, 1.54) is 28.6 Å². The SMILES string of the molecule is COc1ccc2[nH]c3c(c2c1)C[C@@H](CNC[C@H]1COc2ccc4nc(C)ccc4c2O1)CC3. The van der Waals surface area contributed by atoms with E-state index in [2.05, 4.69) is 33.5 Å². The highest BCUT2D eigenvalue weighted by atomic mass is 16.6. The van der Waals surface area contributed by atoms with Crippen LogP contribution < -0.4 is 19.5 Å². The van der Waals surface area contributed by atoms with Crippen LogP contribution in [0.5, 0.6) is 17.2 Å². The summed E-state index contributed by atoms with van der Waals surface area (Å²) in [5.41, 5.74) is 5.98. The normalized spacial score (nSPS) is 19.6. The van der Waals surface area contributed by atoms with Crippen LogP contribution >= 0.6 is 0 Å². The van der Waals surface area contributed by atoms with Gasteiger partial charge in [-0.2, -0.15) is 0 Å². The van der Waals surface area contributed by atoms with Crippen LogP contribution in [0.15, 0.2) is 42.5 Å². The molecule has 2 aromatic heterocycles. The molecule has 2 aliphatic rings. The van der Waals surface area contributed by atoms with Crippen LogP contribution in [-0.4, -0.2) is 42.9 Å². The zero-order valence-electron chi connectivity index (χ0n) is 19.1. The second-order valence-corrected chi connectivity index (χ2v) is 9.22. The van der Waals surface area contributed by atoms with Gasteiger partial charge in [-0.3, -0.25) is 4.98 Å². The molecule has 0 saturated carbocycles. The maximum Gasteiger partial charge on any atom is 0.171 e. The number of pyridine rings is 1. The third-order valence-electron chi connectivity index (χ3n) is 6.94. The van der Waals surface area contributed by atoms with Crippen LogP contribution in [0.2, 0.25) is 0 Å². The predicted octanol–water partition coefficient (Wildman–Crippen LogP) is 4.57. The molecule has 0 radical (unpaired) electrons. The number of nitrogens with one attached hydrogen (secondary N) is 2. The number of rotatable bonds is 5. The zero-order chi connectivity index (χ0) is 22.4. The maximum absolute atomic E-state index is 6.36. The van der Waals surface area contributed by atoms with E-state index >= 15 is 0 Å². The molecule has 6 rings (SSSR count). The summed E-state index contributed by atoms with van der Waals surface area (Å²) in [6, 6.07) is 14.4. The highest BCUT2D eigenvalue weighted by Gasteiger charge is 2.25. The number of aryl methyl sites for hydroxylation is 2. The molecule has 1 aliphatic heterocycles. The number of aromatic amines is 1. The van der Waals surface area contributed by atoms with Crippen molar-refractivity contribution >= 4 is 21.8 Å². The summed E-state index contributed by atoms with van der Waals surface area (Å²) in [6.45, 7) is 4.30. The van der Waals surface area contributed by atoms with Crippen molar-refractivity contribution < 1.29 is 14.2 Å². The van der Waals surface area contributed by atoms with Crippen molar-refractivity contribution in [3.8, 4) is 17.2 Å².